The first kappa shape index (κ1) is 12.8. The molecule has 0 spiro atoms. The minimum atomic E-state index is -0.191. The van der Waals surface area contributed by atoms with Crippen LogP contribution in [0.1, 0.15) is 28.7 Å². The number of nitrogens with one attached hydrogen (secondary N) is 1. The Kier molecular flexibility index (Phi) is 3.81. The third-order valence-electron chi connectivity index (χ3n) is 2.58. The molecule has 94 valence electrons. The lowest BCUT2D eigenvalue weighted by molar-refractivity contribution is 0.102. The summed E-state index contributed by atoms with van der Waals surface area (Å²) < 4.78 is 5.96. The Morgan fingerprint density at radius 1 is 1.50 bits per heavy atom. The molecule has 1 aromatic heterocycles. The minimum Gasteiger partial charge on any atom is -0.361 e. The van der Waals surface area contributed by atoms with Crippen LogP contribution in [0.15, 0.2) is 33.3 Å². The third-order valence-corrected chi connectivity index (χ3v) is 3.07. The number of amides is 1. The molecule has 1 amide bonds. The first-order chi connectivity index (χ1) is 8.61. The zero-order valence-electron chi connectivity index (χ0n) is 10.2. The Bertz CT molecular complexity index is 578. The second kappa shape index (κ2) is 5.35. The van der Waals surface area contributed by atoms with Crippen LogP contribution in [0.5, 0.6) is 0 Å². The first-order valence-corrected chi connectivity index (χ1v) is 6.43. The normalized spacial score (nSPS) is 10.4. The van der Waals surface area contributed by atoms with Crippen LogP contribution < -0.4 is 5.32 Å². The molecule has 18 heavy (non-hydrogen) atoms. The molecular formula is C13H13BrN2O2. The number of aryl methyl sites for hydroxylation is 2. The van der Waals surface area contributed by atoms with Crippen molar-refractivity contribution in [3.8, 4) is 0 Å². The van der Waals surface area contributed by atoms with E-state index in [-0.39, 0.29) is 5.91 Å². The largest absolute Gasteiger partial charge is 0.361 e. The molecule has 0 radical (unpaired) electrons. The molecule has 0 fully saturated rings. The standard InChI is InChI=1S/C13H13BrN2O2/c1-3-11-12(8(2)18-16-11)13(17)15-10-6-4-5-9(14)7-10/h4-7H,3H2,1-2H3,(H,15,17). The number of rotatable bonds is 3. The predicted octanol–water partition coefficient (Wildman–Crippen LogP) is 3.56. The highest BCUT2D eigenvalue weighted by Gasteiger charge is 2.19. The van der Waals surface area contributed by atoms with Crippen LogP contribution >= 0.6 is 15.9 Å². The van der Waals surface area contributed by atoms with Crippen LogP contribution in [0.3, 0.4) is 0 Å². The highest BCUT2D eigenvalue weighted by atomic mass is 79.9. The molecule has 0 unspecified atom stereocenters. The van der Waals surface area contributed by atoms with Gasteiger partial charge in [-0.1, -0.05) is 34.1 Å². The molecular weight excluding hydrogens is 296 g/mol. The van der Waals surface area contributed by atoms with Crippen molar-refractivity contribution in [2.24, 2.45) is 0 Å². The quantitative estimate of drug-likeness (QED) is 0.943. The number of hydrogen-bond acceptors (Lipinski definition) is 3. The smallest absolute Gasteiger partial charge is 0.261 e. The summed E-state index contributed by atoms with van der Waals surface area (Å²) in [5.74, 6) is 0.350. The SMILES string of the molecule is CCc1noc(C)c1C(=O)Nc1cccc(Br)c1. The third kappa shape index (κ3) is 2.61. The summed E-state index contributed by atoms with van der Waals surface area (Å²) in [5.41, 5.74) is 1.94. The Labute approximate surface area is 113 Å². The van der Waals surface area contributed by atoms with Gasteiger partial charge in [0.2, 0.25) is 0 Å². The molecule has 2 rings (SSSR count). The molecule has 0 aliphatic rings. The van der Waals surface area contributed by atoms with E-state index in [1.807, 2.05) is 31.2 Å². The number of aromatic nitrogens is 1. The van der Waals surface area contributed by atoms with E-state index in [1.54, 1.807) is 6.92 Å². The Morgan fingerprint density at radius 2 is 2.28 bits per heavy atom. The van der Waals surface area contributed by atoms with E-state index in [4.69, 9.17) is 4.52 Å². The molecule has 1 N–H and O–H groups in total. The lowest BCUT2D eigenvalue weighted by Gasteiger charge is -2.05. The van der Waals surface area contributed by atoms with Gasteiger partial charge in [-0.2, -0.15) is 0 Å². The van der Waals surface area contributed by atoms with Gasteiger partial charge in [0.1, 0.15) is 11.3 Å². The Hall–Kier alpha value is -1.62. The molecule has 4 nitrogen and oxygen atoms in total. The van der Waals surface area contributed by atoms with E-state index in [0.717, 1.165) is 10.2 Å². The number of carbonyl (C=O) groups excluding carboxylic acids is 1. The average molecular weight is 309 g/mol. The monoisotopic (exact) mass is 308 g/mol. The van der Waals surface area contributed by atoms with Crippen molar-refractivity contribution in [1.82, 2.24) is 5.16 Å². The fraction of sp³-hybridized carbons (Fsp3) is 0.231. The minimum absolute atomic E-state index is 0.191. The van der Waals surface area contributed by atoms with Gasteiger partial charge in [0.15, 0.2) is 0 Å². The van der Waals surface area contributed by atoms with E-state index in [1.165, 1.54) is 0 Å². The van der Waals surface area contributed by atoms with Crippen LogP contribution in [0.4, 0.5) is 5.69 Å². The van der Waals surface area contributed by atoms with Gasteiger partial charge in [-0.15, -0.1) is 0 Å². The molecule has 0 saturated heterocycles. The van der Waals surface area contributed by atoms with E-state index < -0.39 is 0 Å². The van der Waals surface area contributed by atoms with Crippen LogP contribution in [-0.2, 0) is 6.42 Å². The fourth-order valence-corrected chi connectivity index (χ4v) is 2.11. The van der Waals surface area contributed by atoms with E-state index in [9.17, 15) is 4.79 Å². The molecule has 0 saturated carbocycles. The summed E-state index contributed by atoms with van der Waals surface area (Å²) in [7, 11) is 0. The summed E-state index contributed by atoms with van der Waals surface area (Å²) >= 11 is 3.36. The molecule has 1 aromatic carbocycles. The zero-order valence-corrected chi connectivity index (χ0v) is 11.7. The number of carbonyl (C=O) groups is 1. The zero-order chi connectivity index (χ0) is 13.1. The number of anilines is 1. The molecule has 0 aliphatic carbocycles. The van der Waals surface area contributed by atoms with Gasteiger partial charge in [0.05, 0.1) is 5.69 Å². The molecule has 0 bridgehead atoms. The molecule has 0 atom stereocenters. The highest BCUT2D eigenvalue weighted by Crippen LogP contribution is 2.19. The maximum atomic E-state index is 12.2. The van der Waals surface area contributed by atoms with Gasteiger partial charge in [-0.25, -0.2) is 0 Å². The highest BCUT2D eigenvalue weighted by molar-refractivity contribution is 9.10. The second-order valence-electron chi connectivity index (χ2n) is 3.88. The van der Waals surface area contributed by atoms with Gasteiger partial charge in [-0.3, -0.25) is 4.79 Å². The van der Waals surface area contributed by atoms with Crippen molar-refractivity contribution < 1.29 is 9.32 Å². The number of nitrogens with zero attached hydrogens (tertiary/aromatic N) is 1. The summed E-state index contributed by atoms with van der Waals surface area (Å²) in [5, 5.41) is 6.70. The summed E-state index contributed by atoms with van der Waals surface area (Å²) in [6.07, 6.45) is 0.665. The Balaban J connectivity index is 2.24. The van der Waals surface area contributed by atoms with Crippen molar-refractivity contribution in [3.63, 3.8) is 0 Å². The van der Waals surface area contributed by atoms with E-state index in [2.05, 4.69) is 26.4 Å². The van der Waals surface area contributed by atoms with E-state index in [0.29, 0.717) is 23.4 Å². The van der Waals surface area contributed by atoms with Crippen molar-refractivity contribution in [3.05, 3.63) is 45.8 Å². The van der Waals surface area contributed by atoms with Crippen LogP contribution in [-0.4, -0.2) is 11.1 Å². The van der Waals surface area contributed by atoms with Crippen molar-refractivity contribution in [2.75, 3.05) is 5.32 Å². The number of halogens is 1. The van der Waals surface area contributed by atoms with Gasteiger partial charge in [0, 0.05) is 10.2 Å². The predicted molar refractivity (Wildman–Crippen MR) is 72.7 cm³/mol. The van der Waals surface area contributed by atoms with Gasteiger partial charge in [0.25, 0.3) is 5.91 Å². The molecule has 2 aromatic rings. The maximum absolute atomic E-state index is 12.2. The average Bonchev–Trinajstić information content (AvgIpc) is 2.70. The van der Waals surface area contributed by atoms with Crippen LogP contribution in [0.2, 0.25) is 0 Å². The maximum Gasteiger partial charge on any atom is 0.261 e. The van der Waals surface area contributed by atoms with Crippen molar-refractivity contribution in [1.29, 1.82) is 0 Å². The first-order valence-electron chi connectivity index (χ1n) is 5.64. The van der Waals surface area contributed by atoms with E-state index >= 15 is 0 Å². The molecule has 5 heteroatoms. The fourth-order valence-electron chi connectivity index (χ4n) is 1.71. The van der Waals surface area contributed by atoms with Crippen LogP contribution in [0, 0.1) is 6.92 Å². The van der Waals surface area contributed by atoms with Gasteiger partial charge in [-0.05, 0) is 31.5 Å². The Morgan fingerprint density at radius 3 is 2.94 bits per heavy atom. The van der Waals surface area contributed by atoms with Gasteiger partial charge < -0.3 is 9.84 Å². The van der Waals surface area contributed by atoms with Crippen molar-refractivity contribution >= 4 is 27.5 Å². The number of benzene rings is 1. The molecule has 0 aliphatic heterocycles. The summed E-state index contributed by atoms with van der Waals surface area (Å²) in [4.78, 5) is 12.2. The van der Waals surface area contributed by atoms with Crippen molar-refractivity contribution in [2.45, 2.75) is 20.3 Å². The summed E-state index contributed by atoms with van der Waals surface area (Å²) in [6.45, 7) is 3.68. The molecule has 1 heterocycles. The second-order valence-corrected chi connectivity index (χ2v) is 4.79. The number of hydrogen-bond donors (Lipinski definition) is 1. The lowest BCUT2D eigenvalue weighted by atomic mass is 10.1. The topological polar surface area (TPSA) is 55.1 Å². The van der Waals surface area contributed by atoms with Gasteiger partial charge >= 0.3 is 0 Å². The lowest BCUT2D eigenvalue weighted by Crippen LogP contribution is -2.14. The van der Waals surface area contributed by atoms with Crippen LogP contribution in [0.25, 0.3) is 0 Å². The summed E-state index contributed by atoms with van der Waals surface area (Å²) in [6, 6.07) is 7.43.